The molecule has 2 aromatic rings. The lowest BCUT2D eigenvalue weighted by atomic mass is 10.1. The van der Waals surface area contributed by atoms with Crippen LogP contribution in [0, 0.1) is 6.92 Å². The van der Waals surface area contributed by atoms with E-state index < -0.39 is 10.0 Å². The summed E-state index contributed by atoms with van der Waals surface area (Å²) in [4.78, 5) is 4.11. The van der Waals surface area contributed by atoms with Crippen LogP contribution in [0.2, 0.25) is 0 Å². The molecule has 1 aliphatic rings. The van der Waals surface area contributed by atoms with Gasteiger partial charge in [0.05, 0.1) is 13.1 Å². The Bertz CT molecular complexity index is 788. The van der Waals surface area contributed by atoms with Crippen LogP contribution in [-0.4, -0.2) is 41.5 Å². The predicted octanol–water partition coefficient (Wildman–Crippen LogP) is 1.74. The van der Waals surface area contributed by atoms with E-state index in [-0.39, 0.29) is 11.1 Å². The number of para-hydroxylation sites is 1. The largest absolute Gasteiger partial charge is 0.487 e. The molecule has 0 amide bonds. The van der Waals surface area contributed by atoms with E-state index in [1.165, 1.54) is 4.31 Å². The van der Waals surface area contributed by atoms with Crippen molar-refractivity contribution in [3.8, 4) is 5.75 Å². The van der Waals surface area contributed by atoms with Crippen LogP contribution in [-0.2, 0) is 23.5 Å². The fourth-order valence-corrected chi connectivity index (χ4v) is 4.07. The lowest BCUT2D eigenvalue weighted by Gasteiger charge is -2.37. The molecule has 6 nitrogen and oxygen atoms in total. The highest BCUT2D eigenvalue weighted by atomic mass is 32.2. The van der Waals surface area contributed by atoms with Crippen molar-refractivity contribution in [3.05, 3.63) is 41.9 Å². The van der Waals surface area contributed by atoms with E-state index >= 15 is 0 Å². The first-order chi connectivity index (χ1) is 10.9. The van der Waals surface area contributed by atoms with Crippen LogP contribution in [0.3, 0.4) is 0 Å². The highest BCUT2D eigenvalue weighted by Gasteiger charge is 2.39. The standard InChI is InChI=1S/C16H21N3O3S/c1-4-13-7-5-6-8-15(13)22-14-9-19(10-14)23(20,21)16-11-18(3)12(2)17-16/h5-8,11,14H,4,9-10H2,1-3H3. The Morgan fingerprint density at radius 1 is 1.30 bits per heavy atom. The summed E-state index contributed by atoms with van der Waals surface area (Å²) >= 11 is 0. The van der Waals surface area contributed by atoms with E-state index in [4.69, 9.17) is 4.74 Å². The van der Waals surface area contributed by atoms with E-state index in [0.29, 0.717) is 18.9 Å². The zero-order valence-electron chi connectivity index (χ0n) is 13.6. The van der Waals surface area contributed by atoms with Crippen LogP contribution in [0.1, 0.15) is 18.3 Å². The Morgan fingerprint density at radius 3 is 2.61 bits per heavy atom. The molecule has 3 rings (SSSR count). The molecule has 0 spiro atoms. The quantitative estimate of drug-likeness (QED) is 0.835. The average molecular weight is 335 g/mol. The van der Waals surface area contributed by atoms with Crippen LogP contribution in [0.15, 0.2) is 35.5 Å². The molecule has 1 aromatic carbocycles. The van der Waals surface area contributed by atoms with Gasteiger partial charge in [-0.1, -0.05) is 25.1 Å². The second-order valence-electron chi connectivity index (χ2n) is 5.76. The normalized spacial score (nSPS) is 16.3. The third-order valence-corrected chi connectivity index (χ3v) is 5.86. The number of hydrogen-bond acceptors (Lipinski definition) is 4. The smallest absolute Gasteiger partial charge is 0.262 e. The van der Waals surface area contributed by atoms with E-state index in [2.05, 4.69) is 11.9 Å². The van der Waals surface area contributed by atoms with E-state index in [0.717, 1.165) is 17.7 Å². The second-order valence-corrected chi connectivity index (χ2v) is 7.65. The molecule has 0 saturated carbocycles. The molecular formula is C16H21N3O3S. The van der Waals surface area contributed by atoms with Gasteiger partial charge in [-0.25, -0.2) is 13.4 Å². The summed E-state index contributed by atoms with van der Waals surface area (Å²) in [7, 11) is -1.74. The Balaban J connectivity index is 1.66. The number of nitrogens with zero attached hydrogens (tertiary/aromatic N) is 3. The Hall–Kier alpha value is -1.86. The molecule has 1 saturated heterocycles. The summed E-state index contributed by atoms with van der Waals surface area (Å²) < 4.78 is 34.0. The molecule has 124 valence electrons. The monoisotopic (exact) mass is 335 g/mol. The average Bonchev–Trinajstić information content (AvgIpc) is 2.83. The fourth-order valence-electron chi connectivity index (χ4n) is 2.54. The number of hydrogen-bond donors (Lipinski definition) is 0. The van der Waals surface area contributed by atoms with Crippen LogP contribution in [0.5, 0.6) is 5.75 Å². The van der Waals surface area contributed by atoms with Crippen LogP contribution in [0.25, 0.3) is 0 Å². The van der Waals surface area contributed by atoms with E-state index in [1.54, 1.807) is 24.7 Å². The summed E-state index contributed by atoms with van der Waals surface area (Å²) in [5, 5.41) is 0.102. The molecule has 23 heavy (non-hydrogen) atoms. The molecule has 1 fully saturated rings. The number of benzene rings is 1. The predicted molar refractivity (Wildman–Crippen MR) is 86.9 cm³/mol. The van der Waals surface area contributed by atoms with Crippen molar-refractivity contribution in [2.24, 2.45) is 7.05 Å². The van der Waals surface area contributed by atoms with Crippen molar-refractivity contribution in [1.82, 2.24) is 13.9 Å². The van der Waals surface area contributed by atoms with Crippen LogP contribution in [0.4, 0.5) is 0 Å². The van der Waals surface area contributed by atoms with Crippen molar-refractivity contribution in [3.63, 3.8) is 0 Å². The Morgan fingerprint density at radius 2 is 2.00 bits per heavy atom. The zero-order valence-corrected chi connectivity index (χ0v) is 14.4. The zero-order chi connectivity index (χ0) is 16.6. The lowest BCUT2D eigenvalue weighted by molar-refractivity contribution is 0.0752. The topological polar surface area (TPSA) is 64.4 Å². The van der Waals surface area contributed by atoms with Gasteiger partial charge in [0.1, 0.15) is 17.7 Å². The van der Waals surface area contributed by atoms with Gasteiger partial charge in [0.2, 0.25) is 0 Å². The Labute approximate surface area is 136 Å². The van der Waals surface area contributed by atoms with Gasteiger partial charge in [-0.2, -0.15) is 4.31 Å². The molecule has 0 radical (unpaired) electrons. The highest BCUT2D eigenvalue weighted by molar-refractivity contribution is 7.89. The molecule has 0 atom stereocenters. The number of imidazole rings is 1. The first-order valence-electron chi connectivity index (χ1n) is 7.66. The summed E-state index contributed by atoms with van der Waals surface area (Å²) in [6.07, 6.45) is 2.32. The Kier molecular flexibility index (Phi) is 4.16. The van der Waals surface area contributed by atoms with Gasteiger partial charge in [-0.05, 0) is 25.0 Å². The summed E-state index contributed by atoms with van der Waals surface area (Å²) in [5.41, 5.74) is 1.13. The third-order valence-electron chi connectivity index (χ3n) is 4.15. The first-order valence-corrected chi connectivity index (χ1v) is 9.10. The van der Waals surface area contributed by atoms with Gasteiger partial charge >= 0.3 is 0 Å². The summed E-state index contributed by atoms with van der Waals surface area (Å²) in [6.45, 7) is 4.57. The van der Waals surface area contributed by atoms with Crippen molar-refractivity contribution in [1.29, 1.82) is 0 Å². The SMILES string of the molecule is CCc1ccccc1OC1CN(S(=O)(=O)c2cn(C)c(C)n2)C1. The number of aromatic nitrogens is 2. The molecule has 0 N–H and O–H groups in total. The van der Waals surface area contributed by atoms with E-state index in [9.17, 15) is 8.42 Å². The molecule has 0 bridgehead atoms. The van der Waals surface area contributed by atoms with Gasteiger partial charge in [-0.15, -0.1) is 0 Å². The minimum absolute atomic E-state index is 0.102. The molecule has 0 aliphatic carbocycles. The first kappa shape index (κ1) is 16.0. The molecular weight excluding hydrogens is 314 g/mol. The lowest BCUT2D eigenvalue weighted by Crippen LogP contribution is -2.56. The fraction of sp³-hybridized carbons (Fsp3) is 0.438. The minimum Gasteiger partial charge on any atom is -0.487 e. The molecule has 1 aliphatic heterocycles. The number of rotatable bonds is 5. The van der Waals surface area contributed by atoms with Gasteiger partial charge in [-0.3, -0.25) is 0 Å². The molecule has 7 heteroatoms. The van der Waals surface area contributed by atoms with Crippen molar-refractivity contribution >= 4 is 10.0 Å². The maximum Gasteiger partial charge on any atom is 0.262 e. The highest BCUT2D eigenvalue weighted by Crippen LogP contribution is 2.26. The molecule has 1 aromatic heterocycles. The number of sulfonamides is 1. The summed E-state index contributed by atoms with van der Waals surface area (Å²) in [5.74, 6) is 1.51. The number of ether oxygens (including phenoxy) is 1. The third kappa shape index (κ3) is 2.98. The molecule has 2 heterocycles. The second kappa shape index (κ2) is 5.98. The van der Waals surface area contributed by atoms with Gasteiger partial charge in [0.15, 0.2) is 5.03 Å². The molecule has 0 unspecified atom stereocenters. The number of aryl methyl sites for hydroxylation is 3. The van der Waals surface area contributed by atoms with Crippen LogP contribution >= 0.6 is 0 Å². The van der Waals surface area contributed by atoms with Crippen LogP contribution < -0.4 is 4.74 Å². The van der Waals surface area contributed by atoms with Gasteiger partial charge in [0.25, 0.3) is 10.0 Å². The van der Waals surface area contributed by atoms with Gasteiger partial charge in [0, 0.05) is 13.2 Å². The maximum absolute atomic E-state index is 12.5. The van der Waals surface area contributed by atoms with Crippen molar-refractivity contribution in [2.45, 2.75) is 31.4 Å². The van der Waals surface area contributed by atoms with Gasteiger partial charge < -0.3 is 9.30 Å². The van der Waals surface area contributed by atoms with Crippen molar-refractivity contribution < 1.29 is 13.2 Å². The van der Waals surface area contributed by atoms with Crippen molar-refractivity contribution in [2.75, 3.05) is 13.1 Å². The summed E-state index contributed by atoms with van der Waals surface area (Å²) in [6, 6.07) is 7.86. The maximum atomic E-state index is 12.5. The van der Waals surface area contributed by atoms with E-state index in [1.807, 2.05) is 24.3 Å². The minimum atomic E-state index is -3.52.